The van der Waals surface area contributed by atoms with E-state index < -0.39 is 0 Å². The van der Waals surface area contributed by atoms with Gasteiger partial charge in [-0.25, -0.2) is 0 Å². The second kappa shape index (κ2) is 15.7. The maximum atomic E-state index is 7.75. The minimum atomic E-state index is -0.155. The molecule has 1 aliphatic rings. The molecule has 1 aliphatic heterocycles. The lowest BCUT2D eigenvalue weighted by Gasteiger charge is -2.17. The van der Waals surface area contributed by atoms with Crippen LogP contribution in [0.3, 0.4) is 0 Å². The van der Waals surface area contributed by atoms with Crippen molar-refractivity contribution in [3.8, 4) is 12.3 Å². The van der Waals surface area contributed by atoms with E-state index in [9.17, 15) is 0 Å². The molecule has 11 heteroatoms. The number of nitrogens with one attached hydrogen (secondary N) is 3. The van der Waals surface area contributed by atoms with Gasteiger partial charge in [-0.1, -0.05) is 5.92 Å². The van der Waals surface area contributed by atoms with E-state index in [2.05, 4.69) is 26.5 Å². The molecule has 2 heterocycles. The van der Waals surface area contributed by atoms with E-state index in [0.717, 1.165) is 12.8 Å². The number of ether oxygens (including phenoxy) is 5. The lowest BCUT2D eigenvalue weighted by Crippen LogP contribution is -2.22. The van der Waals surface area contributed by atoms with Gasteiger partial charge in [0, 0.05) is 12.8 Å². The van der Waals surface area contributed by atoms with Crippen molar-refractivity contribution in [1.29, 1.82) is 5.41 Å². The Balaban J connectivity index is 1.59. The van der Waals surface area contributed by atoms with Crippen LogP contribution in [-0.4, -0.2) is 87.9 Å². The van der Waals surface area contributed by atoms with Gasteiger partial charge in [-0.3, -0.25) is 0 Å². The molecule has 1 aromatic heterocycles. The van der Waals surface area contributed by atoms with Crippen molar-refractivity contribution in [2.75, 3.05) is 70.0 Å². The third-order valence-corrected chi connectivity index (χ3v) is 4.60. The summed E-state index contributed by atoms with van der Waals surface area (Å²) in [6, 6.07) is 0. The van der Waals surface area contributed by atoms with Gasteiger partial charge in [-0.05, 0) is 31.4 Å². The molecule has 0 bridgehead atoms. The number of halogens is 1. The van der Waals surface area contributed by atoms with Gasteiger partial charge in [0.25, 0.3) is 0 Å². The Bertz CT molecular complexity index is 733. The van der Waals surface area contributed by atoms with Crippen molar-refractivity contribution in [2.24, 2.45) is 0 Å². The van der Waals surface area contributed by atoms with Gasteiger partial charge in [0.15, 0.2) is 0 Å². The topological polar surface area (TPSA) is 120 Å². The zero-order chi connectivity index (χ0) is 23.0. The summed E-state index contributed by atoms with van der Waals surface area (Å²) >= 11 is 6.07. The van der Waals surface area contributed by atoms with Crippen LogP contribution in [-0.2, 0) is 23.7 Å². The van der Waals surface area contributed by atoms with Crippen LogP contribution in [0.25, 0.3) is 0 Å². The molecule has 0 aromatic carbocycles. The van der Waals surface area contributed by atoms with Gasteiger partial charge < -0.3 is 39.7 Å². The Labute approximate surface area is 194 Å². The van der Waals surface area contributed by atoms with Crippen molar-refractivity contribution < 1.29 is 23.7 Å². The number of hydrogen-bond acceptors (Lipinski definition) is 10. The maximum absolute atomic E-state index is 7.75. The van der Waals surface area contributed by atoms with E-state index in [4.69, 9.17) is 47.1 Å². The molecule has 1 aromatic rings. The highest BCUT2D eigenvalue weighted by atomic mass is 35.5. The number of hydrogen-bond donors (Lipinski definition) is 3. The molecule has 0 saturated carbocycles. The maximum Gasteiger partial charge on any atom is 0.226 e. The van der Waals surface area contributed by atoms with E-state index in [0.29, 0.717) is 76.6 Å². The summed E-state index contributed by atoms with van der Waals surface area (Å²) in [4.78, 5) is 8.40. The molecule has 2 unspecified atom stereocenters. The first-order chi connectivity index (χ1) is 15.6. The zero-order valence-electron chi connectivity index (χ0n) is 18.4. The molecular formula is C21H32ClN5O5. The predicted molar refractivity (Wildman–Crippen MR) is 123 cm³/mol. The Morgan fingerprint density at radius 3 is 2.28 bits per heavy atom. The van der Waals surface area contributed by atoms with Gasteiger partial charge in [0.2, 0.25) is 5.28 Å². The van der Waals surface area contributed by atoms with Crippen LogP contribution in [0.4, 0.5) is 11.6 Å². The van der Waals surface area contributed by atoms with Gasteiger partial charge >= 0.3 is 0 Å². The molecule has 2 atom stereocenters. The van der Waals surface area contributed by atoms with Crippen LogP contribution < -0.4 is 10.6 Å². The standard InChI is InChI=1S/C21H32ClN5O5/c1-3-7-28-9-11-30-13-14-31-12-10-29-8-6-24-19-17(15-23)20(27-21(22)26-19)25-18-5-4-16(2)32-18/h1,15-16,18,23H,4-14H2,2H3,(H2,24,25,26,27). The second-order valence-electron chi connectivity index (χ2n) is 6.93. The van der Waals surface area contributed by atoms with Crippen LogP contribution in [0.2, 0.25) is 5.28 Å². The van der Waals surface area contributed by atoms with Crippen LogP contribution in [0.15, 0.2) is 0 Å². The fraction of sp³-hybridized carbons (Fsp3) is 0.667. The summed E-state index contributed by atoms with van der Waals surface area (Å²) in [5, 5.41) is 14.2. The normalized spacial score (nSPS) is 17.8. The zero-order valence-corrected chi connectivity index (χ0v) is 19.2. The van der Waals surface area contributed by atoms with Crippen LogP contribution in [0.1, 0.15) is 25.3 Å². The molecule has 0 aliphatic carbocycles. The molecule has 10 nitrogen and oxygen atoms in total. The van der Waals surface area contributed by atoms with Crippen LogP contribution in [0, 0.1) is 17.8 Å². The van der Waals surface area contributed by atoms with E-state index >= 15 is 0 Å². The summed E-state index contributed by atoms with van der Waals surface area (Å²) in [7, 11) is 0. The lowest BCUT2D eigenvalue weighted by molar-refractivity contribution is 0.00248. The van der Waals surface area contributed by atoms with Crippen molar-refractivity contribution in [1.82, 2.24) is 9.97 Å². The summed E-state index contributed by atoms with van der Waals surface area (Å²) < 4.78 is 27.2. The van der Waals surface area contributed by atoms with Crippen LogP contribution >= 0.6 is 11.6 Å². The molecule has 178 valence electrons. The van der Waals surface area contributed by atoms with Crippen molar-refractivity contribution >= 4 is 29.5 Å². The highest BCUT2D eigenvalue weighted by Gasteiger charge is 2.23. The quantitative estimate of drug-likeness (QED) is 0.136. The van der Waals surface area contributed by atoms with Gasteiger partial charge in [-0.2, -0.15) is 9.97 Å². The first-order valence-corrected chi connectivity index (χ1v) is 11.0. The van der Waals surface area contributed by atoms with E-state index in [1.54, 1.807) is 0 Å². The third-order valence-electron chi connectivity index (χ3n) is 4.43. The second-order valence-corrected chi connectivity index (χ2v) is 7.26. The molecule has 32 heavy (non-hydrogen) atoms. The summed E-state index contributed by atoms with van der Waals surface area (Å²) in [6.45, 7) is 6.12. The number of rotatable bonds is 17. The van der Waals surface area contributed by atoms with Gasteiger partial charge in [0.05, 0.1) is 57.9 Å². The molecule has 2 rings (SSSR count). The Morgan fingerprint density at radius 1 is 1.06 bits per heavy atom. The minimum absolute atomic E-state index is 0.0887. The molecule has 1 saturated heterocycles. The predicted octanol–water partition coefficient (Wildman–Crippen LogP) is 2.18. The van der Waals surface area contributed by atoms with Crippen LogP contribution in [0.5, 0.6) is 0 Å². The average Bonchev–Trinajstić information content (AvgIpc) is 3.18. The van der Waals surface area contributed by atoms with Gasteiger partial charge in [0.1, 0.15) is 24.5 Å². The first-order valence-electron chi connectivity index (χ1n) is 10.6. The van der Waals surface area contributed by atoms with E-state index in [-0.39, 0.29) is 17.6 Å². The fourth-order valence-corrected chi connectivity index (χ4v) is 3.09. The SMILES string of the molecule is C#CCOCCOCCOCCOCCNc1nc(Cl)nc(NC2CCC(C)O2)c1C=N. The Kier molecular flexibility index (Phi) is 12.9. The van der Waals surface area contributed by atoms with Crippen molar-refractivity contribution in [3.63, 3.8) is 0 Å². The minimum Gasteiger partial charge on any atom is -0.377 e. The molecule has 1 fully saturated rings. The number of terminal acetylenes is 1. The number of nitrogens with zero attached hydrogens (tertiary/aromatic N) is 2. The third kappa shape index (κ3) is 10.1. The Morgan fingerprint density at radius 2 is 1.69 bits per heavy atom. The number of anilines is 2. The highest BCUT2D eigenvalue weighted by Crippen LogP contribution is 2.25. The smallest absolute Gasteiger partial charge is 0.226 e. The largest absolute Gasteiger partial charge is 0.377 e. The molecule has 0 amide bonds. The summed E-state index contributed by atoms with van der Waals surface area (Å²) in [6.07, 6.45) is 8.14. The van der Waals surface area contributed by atoms with E-state index in [1.165, 1.54) is 6.21 Å². The molecule has 0 spiro atoms. The van der Waals surface area contributed by atoms with Gasteiger partial charge in [-0.15, -0.1) is 6.42 Å². The molecular weight excluding hydrogens is 438 g/mol. The summed E-state index contributed by atoms with van der Waals surface area (Å²) in [5.74, 6) is 3.33. The highest BCUT2D eigenvalue weighted by molar-refractivity contribution is 6.28. The molecule has 0 radical (unpaired) electrons. The Hall–Kier alpha value is -2.00. The lowest BCUT2D eigenvalue weighted by atomic mass is 10.2. The summed E-state index contributed by atoms with van der Waals surface area (Å²) in [5.41, 5.74) is 0.519. The molecule has 3 N–H and O–H groups in total. The van der Waals surface area contributed by atoms with Crippen molar-refractivity contribution in [3.05, 3.63) is 10.8 Å². The number of aromatic nitrogens is 2. The fourth-order valence-electron chi connectivity index (χ4n) is 2.92. The monoisotopic (exact) mass is 469 g/mol. The van der Waals surface area contributed by atoms with E-state index in [1.807, 2.05) is 6.92 Å². The average molecular weight is 470 g/mol. The first kappa shape index (κ1) is 26.3. The van der Waals surface area contributed by atoms with Crippen molar-refractivity contribution in [2.45, 2.75) is 32.1 Å².